The summed E-state index contributed by atoms with van der Waals surface area (Å²) < 4.78 is 6.95. The van der Waals surface area contributed by atoms with Gasteiger partial charge < -0.3 is 9.72 Å². The van der Waals surface area contributed by atoms with Crippen LogP contribution in [0, 0.1) is 6.92 Å². The number of hydrogen-bond acceptors (Lipinski definition) is 6. The van der Waals surface area contributed by atoms with E-state index in [0.717, 1.165) is 11.3 Å². The van der Waals surface area contributed by atoms with Crippen LogP contribution in [0.1, 0.15) is 16.1 Å². The lowest BCUT2D eigenvalue weighted by atomic mass is 10.2. The summed E-state index contributed by atoms with van der Waals surface area (Å²) in [7, 11) is 1.60. The highest BCUT2D eigenvalue weighted by Gasteiger charge is 2.16. The molecule has 0 amide bonds. The molecule has 23 heavy (non-hydrogen) atoms. The Bertz CT molecular complexity index is 813. The molecule has 0 aliphatic rings. The number of nitrogens with zero attached hydrogens (tertiary/aromatic N) is 4. The molecular weight excluding hydrogens is 314 g/mol. The summed E-state index contributed by atoms with van der Waals surface area (Å²) in [4.78, 5) is 15.0. The lowest BCUT2D eigenvalue weighted by Crippen LogP contribution is -2.06. The first kappa shape index (κ1) is 15.3. The molecule has 0 bridgehead atoms. The molecule has 0 saturated heterocycles. The Kier molecular flexibility index (Phi) is 4.42. The molecule has 0 aliphatic carbocycles. The smallest absolute Gasteiger partial charge is 0.214 e. The number of tetrazole rings is 1. The molecular formula is C15H15N5O2S. The lowest BCUT2D eigenvalue weighted by Gasteiger charge is -2.10. The fourth-order valence-corrected chi connectivity index (χ4v) is 2.86. The highest BCUT2D eigenvalue weighted by Crippen LogP contribution is 2.27. The maximum Gasteiger partial charge on any atom is 0.214 e. The third-order valence-electron chi connectivity index (χ3n) is 3.23. The maximum absolute atomic E-state index is 12.1. The van der Waals surface area contributed by atoms with Crippen molar-refractivity contribution in [2.45, 2.75) is 12.1 Å². The predicted octanol–water partition coefficient (Wildman–Crippen LogP) is 2.28. The number of rotatable bonds is 6. The second kappa shape index (κ2) is 6.66. The van der Waals surface area contributed by atoms with Gasteiger partial charge in [0.1, 0.15) is 11.4 Å². The van der Waals surface area contributed by atoms with Crippen LogP contribution in [-0.2, 0) is 0 Å². The van der Waals surface area contributed by atoms with E-state index in [0.29, 0.717) is 16.6 Å². The molecule has 0 fully saturated rings. The number of carbonyl (C=O) groups is 1. The van der Waals surface area contributed by atoms with Crippen molar-refractivity contribution in [3.05, 3.63) is 47.8 Å². The summed E-state index contributed by atoms with van der Waals surface area (Å²) >= 11 is 1.28. The number of aromatic amines is 1. The molecule has 1 N–H and O–H groups in total. The molecule has 0 unspecified atom stereocenters. The van der Waals surface area contributed by atoms with Crippen LogP contribution in [0.5, 0.6) is 5.75 Å². The van der Waals surface area contributed by atoms with Gasteiger partial charge in [-0.3, -0.25) is 4.79 Å². The monoisotopic (exact) mass is 329 g/mol. The third-order valence-corrected chi connectivity index (χ3v) is 4.15. The van der Waals surface area contributed by atoms with E-state index in [1.807, 2.05) is 25.1 Å². The van der Waals surface area contributed by atoms with Crippen molar-refractivity contribution >= 4 is 17.5 Å². The number of hydrogen-bond donors (Lipinski definition) is 1. The Morgan fingerprint density at radius 1 is 1.39 bits per heavy atom. The van der Waals surface area contributed by atoms with Crippen LogP contribution in [0.25, 0.3) is 5.69 Å². The highest BCUT2D eigenvalue weighted by atomic mass is 32.2. The zero-order valence-corrected chi connectivity index (χ0v) is 13.5. The molecule has 2 aromatic heterocycles. The van der Waals surface area contributed by atoms with E-state index < -0.39 is 0 Å². The average Bonchev–Trinajstić information content (AvgIpc) is 3.24. The van der Waals surface area contributed by atoms with E-state index in [4.69, 9.17) is 4.74 Å². The molecule has 0 aliphatic heterocycles. The van der Waals surface area contributed by atoms with Crippen molar-refractivity contribution in [2.75, 3.05) is 12.9 Å². The Balaban J connectivity index is 1.83. The fraction of sp³-hybridized carbons (Fsp3) is 0.200. The van der Waals surface area contributed by atoms with E-state index in [-0.39, 0.29) is 11.5 Å². The van der Waals surface area contributed by atoms with Crippen LogP contribution >= 0.6 is 11.8 Å². The van der Waals surface area contributed by atoms with Gasteiger partial charge >= 0.3 is 0 Å². The average molecular weight is 329 g/mol. The third kappa shape index (κ3) is 3.26. The van der Waals surface area contributed by atoms with E-state index in [1.54, 1.807) is 30.1 Å². The summed E-state index contributed by atoms with van der Waals surface area (Å²) in [6, 6.07) is 9.29. The van der Waals surface area contributed by atoms with Gasteiger partial charge in [0, 0.05) is 6.20 Å². The summed E-state index contributed by atoms with van der Waals surface area (Å²) in [5.41, 5.74) is 2.38. The minimum absolute atomic E-state index is 0.00856. The zero-order chi connectivity index (χ0) is 16.2. The van der Waals surface area contributed by atoms with E-state index in [9.17, 15) is 4.79 Å². The number of benzene rings is 1. The van der Waals surface area contributed by atoms with Gasteiger partial charge in [-0.2, -0.15) is 4.68 Å². The molecule has 3 aromatic rings. The lowest BCUT2D eigenvalue weighted by molar-refractivity contribution is 0.101. The molecule has 0 atom stereocenters. The zero-order valence-electron chi connectivity index (χ0n) is 12.7. The van der Waals surface area contributed by atoms with Crippen LogP contribution in [0.4, 0.5) is 0 Å². The number of ether oxygens (including phenoxy) is 1. The Morgan fingerprint density at radius 2 is 2.26 bits per heavy atom. The number of methoxy groups -OCH3 is 1. The molecule has 0 radical (unpaired) electrons. The molecule has 0 saturated carbocycles. The van der Waals surface area contributed by atoms with Crippen molar-refractivity contribution in [1.29, 1.82) is 0 Å². The fourth-order valence-electron chi connectivity index (χ4n) is 2.10. The van der Waals surface area contributed by atoms with Gasteiger partial charge in [0.2, 0.25) is 5.16 Å². The number of aryl methyl sites for hydroxylation is 1. The minimum Gasteiger partial charge on any atom is -0.494 e. The van der Waals surface area contributed by atoms with Crippen molar-refractivity contribution in [3.8, 4) is 11.4 Å². The van der Waals surface area contributed by atoms with Crippen molar-refractivity contribution in [3.63, 3.8) is 0 Å². The van der Waals surface area contributed by atoms with E-state index in [2.05, 4.69) is 20.5 Å². The van der Waals surface area contributed by atoms with Gasteiger partial charge in [0.05, 0.1) is 18.6 Å². The number of ketones is 1. The topological polar surface area (TPSA) is 85.7 Å². The van der Waals surface area contributed by atoms with Crippen LogP contribution in [-0.4, -0.2) is 43.8 Å². The predicted molar refractivity (Wildman–Crippen MR) is 86.3 cm³/mol. The largest absolute Gasteiger partial charge is 0.494 e. The van der Waals surface area contributed by atoms with Crippen LogP contribution < -0.4 is 4.74 Å². The minimum atomic E-state index is -0.00856. The van der Waals surface area contributed by atoms with Crippen molar-refractivity contribution in [1.82, 2.24) is 25.2 Å². The summed E-state index contributed by atoms with van der Waals surface area (Å²) in [6.45, 7) is 1.98. The van der Waals surface area contributed by atoms with Crippen molar-refractivity contribution in [2.24, 2.45) is 0 Å². The van der Waals surface area contributed by atoms with Crippen molar-refractivity contribution < 1.29 is 9.53 Å². The maximum atomic E-state index is 12.1. The molecule has 8 heteroatoms. The normalized spacial score (nSPS) is 10.7. The SMILES string of the molecule is COc1ccc(C)cc1-n1nnnc1SCC(=O)c1ccc[nH]1. The first-order chi connectivity index (χ1) is 11.2. The van der Waals surface area contributed by atoms with Gasteiger partial charge in [0.25, 0.3) is 0 Å². The van der Waals surface area contributed by atoms with E-state index in [1.165, 1.54) is 11.8 Å². The number of nitrogens with one attached hydrogen (secondary N) is 1. The molecule has 118 valence electrons. The number of aromatic nitrogens is 5. The van der Waals surface area contributed by atoms with Crippen LogP contribution in [0.15, 0.2) is 41.7 Å². The summed E-state index contributed by atoms with van der Waals surface area (Å²) in [6.07, 6.45) is 1.72. The molecule has 3 rings (SSSR count). The van der Waals surface area contributed by atoms with Gasteiger partial charge in [-0.1, -0.05) is 17.8 Å². The van der Waals surface area contributed by atoms with E-state index >= 15 is 0 Å². The molecule has 0 spiro atoms. The molecule has 7 nitrogen and oxygen atoms in total. The number of Topliss-reactive ketones (excluding diaryl/α,β-unsaturated/α-hetero) is 1. The quantitative estimate of drug-likeness (QED) is 0.551. The molecule has 2 heterocycles. The van der Waals surface area contributed by atoms with Crippen LogP contribution in [0.3, 0.4) is 0 Å². The second-order valence-corrected chi connectivity index (χ2v) is 5.79. The Morgan fingerprint density at radius 3 is 3.00 bits per heavy atom. The number of thioether (sulfide) groups is 1. The number of H-pyrrole nitrogens is 1. The number of carbonyl (C=O) groups excluding carboxylic acids is 1. The summed E-state index contributed by atoms with van der Waals surface area (Å²) in [5, 5.41) is 12.3. The highest BCUT2D eigenvalue weighted by molar-refractivity contribution is 7.99. The molecule has 1 aromatic carbocycles. The van der Waals surface area contributed by atoms with Gasteiger partial charge in [-0.25, -0.2) is 0 Å². The van der Waals surface area contributed by atoms with Gasteiger partial charge in [0.15, 0.2) is 5.78 Å². The van der Waals surface area contributed by atoms with Gasteiger partial charge in [-0.15, -0.1) is 5.10 Å². The van der Waals surface area contributed by atoms with Crippen LogP contribution in [0.2, 0.25) is 0 Å². The first-order valence-corrected chi connectivity index (χ1v) is 7.90. The Hall–Kier alpha value is -2.61. The second-order valence-electron chi connectivity index (χ2n) is 4.84. The Labute approximate surface area is 137 Å². The van der Waals surface area contributed by atoms with Gasteiger partial charge in [-0.05, 0) is 47.2 Å². The standard InChI is InChI=1S/C15H15N5O2S/c1-10-5-6-14(22-2)12(8-10)20-15(17-18-19-20)23-9-13(21)11-4-3-7-16-11/h3-8,16H,9H2,1-2H3. The summed E-state index contributed by atoms with van der Waals surface area (Å²) in [5.74, 6) is 0.904. The first-order valence-electron chi connectivity index (χ1n) is 6.92.